The number of benzene rings is 1. The molecule has 0 aliphatic carbocycles. The second kappa shape index (κ2) is 11.1. The Bertz CT molecular complexity index is 712. The predicted molar refractivity (Wildman–Crippen MR) is 104 cm³/mol. The summed E-state index contributed by atoms with van der Waals surface area (Å²) < 4.78 is 0. The highest BCUT2D eigenvalue weighted by Gasteiger charge is 2.23. The number of aromatic hydroxyl groups is 1. The maximum atomic E-state index is 12.0. The number of thiol groups is 1. The molecule has 10 nitrogen and oxygen atoms in total. The average molecular weight is 412 g/mol. The number of phenolic OH excluding ortho intramolecular Hbond substituents is 1. The van der Waals surface area contributed by atoms with E-state index in [0.29, 0.717) is 0 Å². The zero-order valence-corrected chi connectivity index (χ0v) is 16.1. The molecule has 0 aliphatic rings. The third-order valence-corrected chi connectivity index (χ3v) is 4.08. The van der Waals surface area contributed by atoms with Gasteiger partial charge in [-0.3, -0.25) is 19.2 Å². The van der Waals surface area contributed by atoms with Crippen LogP contribution in [0.25, 0.3) is 0 Å². The van der Waals surface area contributed by atoms with Gasteiger partial charge in [-0.1, -0.05) is 12.1 Å². The number of nitrogens with two attached hydrogens (primary N) is 1. The first kappa shape index (κ1) is 23.2. The van der Waals surface area contributed by atoms with Crippen molar-refractivity contribution in [1.82, 2.24) is 16.0 Å². The third-order valence-electron chi connectivity index (χ3n) is 3.72. The molecule has 0 spiro atoms. The van der Waals surface area contributed by atoms with Crippen molar-refractivity contribution < 1.29 is 29.4 Å². The van der Waals surface area contributed by atoms with Crippen molar-refractivity contribution in [2.75, 3.05) is 12.3 Å². The smallest absolute Gasteiger partial charge is 0.325 e. The van der Waals surface area contributed by atoms with E-state index in [1.807, 2.05) is 0 Å². The Morgan fingerprint density at radius 3 is 2.25 bits per heavy atom. The van der Waals surface area contributed by atoms with E-state index in [0.717, 1.165) is 5.56 Å². The number of aliphatic carboxylic acids is 1. The van der Waals surface area contributed by atoms with Crippen LogP contribution in [0.15, 0.2) is 24.3 Å². The van der Waals surface area contributed by atoms with Gasteiger partial charge in [-0.05, 0) is 31.0 Å². The van der Waals surface area contributed by atoms with E-state index in [4.69, 9.17) is 10.8 Å². The van der Waals surface area contributed by atoms with Gasteiger partial charge in [0.25, 0.3) is 0 Å². The van der Waals surface area contributed by atoms with Gasteiger partial charge in [0, 0.05) is 5.75 Å². The molecule has 1 aromatic carbocycles. The highest BCUT2D eigenvalue weighted by molar-refractivity contribution is 7.80. The van der Waals surface area contributed by atoms with Gasteiger partial charge in [-0.2, -0.15) is 12.6 Å². The molecule has 0 saturated heterocycles. The van der Waals surface area contributed by atoms with Crippen molar-refractivity contribution >= 4 is 36.3 Å². The number of hydrogen-bond acceptors (Lipinski definition) is 7. The Labute approximate surface area is 167 Å². The molecule has 0 fully saturated rings. The normalized spacial score (nSPS) is 13.7. The van der Waals surface area contributed by atoms with Crippen LogP contribution < -0.4 is 21.7 Å². The summed E-state index contributed by atoms with van der Waals surface area (Å²) in [5.41, 5.74) is 6.53. The van der Waals surface area contributed by atoms with E-state index < -0.39 is 48.4 Å². The van der Waals surface area contributed by atoms with Crippen LogP contribution in [0.4, 0.5) is 0 Å². The van der Waals surface area contributed by atoms with Gasteiger partial charge in [0.1, 0.15) is 17.8 Å². The minimum Gasteiger partial charge on any atom is -0.508 e. The summed E-state index contributed by atoms with van der Waals surface area (Å²) in [6, 6.07) is 3.12. The van der Waals surface area contributed by atoms with Gasteiger partial charge in [0.2, 0.25) is 17.7 Å². The molecule has 3 amide bonds. The zero-order chi connectivity index (χ0) is 21.3. The maximum absolute atomic E-state index is 12.0. The molecular weight excluding hydrogens is 388 g/mol. The highest BCUT2D eigenvalue weighted by Crippen LogP contribution is 2.10. The standard InChI is InChI=1S/C17H24N4O6S/c1-9(17(26)27)20-16(25)13(8-28)21-14(23)7-19-15(24)12(18)6-10-2-4-11(22)5-3-10/h2-5,9,12-13,22,28H,6-8,18H2,1H3,(H,19,24)(H,20,25)(H,21,23)(H,26,27). The second-order valence-electron chi connectivity index (χ2n) is 6.07. The minimum atomic E-state index is -1.22. The molecule has 0 bridgehead atoms. The van der Waals surface area contributed by atoms with Crippen LogP contribution in [0.3, 0.4) is 0 Å². The number of carbonyl (C=O) groups is 4. The maximum Gasteiger partial charge on any atom is 0.325 e. The summed E-state index contributed by atoms with van der Waals surface area (Å²) in [6.07, 6.45) is 0.211. The molecule has 0 heterocycles. The molecule has 3 unspecified atom stereocenters. The third kappa shape index (κ3) is 7.84. The van der Waals surface area contributed by atoms with E-state index in [9.17, 15) is 24.3 Å². The number of nitrogens with one attached hydrogen (secondary N) is 3. The first-order chi connectivity index (χ1) is 13.1. The summed E-state index contributed by atoms with van der Waals surface area (Å²) in [4.78, 5) is 46.6. The predicted octanol–water partition coefficient (Wildman–Crippen LogP) is -1.62. The molecule has 28 heavy (non-hydrogen) atoms. The van der Waals surface area contributed by atoms with Gasteiger partial charge >= 0.3 is 5.97 Å². The molecule has 1 rings (SSSR count). The van der Waals surface area contributed by atoms with Crippen molar-refractivity contribution in [2.24, 2.45) is 5.73 Å². The first-order valence-electron chi connectivity index (χ1n) is 8.38. The van der Waals surface area contributed by atoms with Crippen molar-refractivity contribution in [3.63, 3.8) is 0 Å². The van der Waals surface area contributed by atoms with Crippen molar-refractivity contribution in [2.45, 2.75) is 31.5 Å². The van der Waals surface area contributed by atoms with E-state index in [1.165, 1.54) is 19.1 Å². The lowest BCUT2D eigenvalue weighted by Gasteiger charge is -2.18. The molecule has 154 valence electrons. The number of amides is 3. The van der Waals surface area contributed by atoms with Crippen LogP contribution in [0, 0.1) is 0 Å². The molecule has 7 N–H and O–H groups in total. The van der Waals surface area contributed by atoms with Crippen LogP contribution in [-0.2, 0) is 25.6 Å². The summed E-state index contributed by atoms with van der Waals surface area (Å²) in [7, 11) is 0. The Balaban J connectivity index is 2.46. The molecule has 3 atom stereocenters. The Morgan fingerprint density at radius 1 is 1.11 bits per heavy atom. The summed E-state index contributed by atoms with van der Waals surface area (Å²) in [5.74, 6) is -3.09. The van der Waals surface area contributed by atoms with Crippen molar-refractivity contribution in [3.8, 4) is 5.75 Å². The molecule has 0 saturated carbocycles. The number of carboxylic acid groups (broad SMARTS) is 1. The second-order valence-corrected chi connectivity index (χ2v) is 6.43. The van der Waals surface area contributed by atoms with Crippen LogP contribution in [-0.4, -0.2) is 64.3 Å². The Kier molecular flexibility index (Phi) is 9.25. The van der Waals surface area contributed by atoms with Gasteiger partial charge in [-0.15, -0.1) is 0 Å². The molecule has 0 aliphatic heterocycles. The van der Waals surface area contributed by atoms with E-state index in [1.54, 1.807) is 12.1 Å². The number of carbonyl (C=O) groups excluding carboxylic acids is 3. The average Bonchev–Trinajstić information content (AvgIpc) is 2.65. The Hall–Kier alpha value is -2.79. The lowest BCUT2D eigenvalue weighted by atomic mass is 10.1. The molecule has 1 aromatic rings. The summed E-state index contributed by atoms with van der Waals surface area (Å²) in [6.45, 7) is 0.876. The fraction of sp³-hybridized carbons (Fsp3) is 0.412. The van der Waals surface area contributed by atoms with E-state index in [-0.39, 0.29) is 17.9 Å². The number of carboxylic acids is 1. The quantitative estimate of drug-likeness (QED) is 0.226. The fourth-order valence-electron chi connectivity index (χ4n) is 2.09. The Morgan fingerprint density at radius 2 is 1.71 bits per heavy atom. The molecule has 0 radical (unpaired) electrons. The molecule has 11 heteroatoms. The molecule has 0 aromatic heterocycles. The largest absolute Gasteiger partial charge is 0.508 e. The van der Waals surface area contributed by atoms with E-state index in [2.05, 4.69) is 28.6 Å². The monoisotopic (exact) mass is 412 g/mol. The minimum absolute atomic E-state index is 0.0573. The summed E-state index contributed by atoms with van der Waals surface area (Å²) in [5, 5.41) is 25.0. The lowest BCUT2D eigenvalue weighted by molar-refractivity contribution is -0.141. The summed E-state index contributed by atoms with van der Waals surface area (Å²) >= 11 is 3.96. The van der Waals surface area contributed by atoms with E-state index >= 15 is 0 Å². The SMILES string of the molecule is CC(NC(=O)C(CS)NC(=O)CNC(=O)C(N)Cc1ccc(O)cc1)C(=O)O. The van der Waals surface area contributed by atoms with Crippen LogP contribution in [0.1, 0.15) is 12.5 Å². The van der Waals surface area contributed by atoms with Crippen molar-refractivity contribution in [1.29, 1.82) is 0 Å². The fourth-order valence-corrected chi connectivity index (χ4v) is 2.35. The number of rotatable bonds is 10. The highest BCUT2D eigenvalue weighted by atomic mass is 32.1. The van der Waals surface area contributed by atoms with Crippen LogP contribution >= 0.6 is 12.6 Å². The number of hydrogen-bond donors (Lipinski definition) is 7. The molecular formula is C17H24N4O6S. The first-order valence-corrected chi connectivity index (χ1v) is 9.01. The van der Waals surface area contributed by atoms with Gasteiger partial charge < -0.3 is 31.9 Å². The van der Waals surface area contributed by atoms with Gasteiger partial charge in [0.05, 0.1) is 12.6 Å². The lowest BCUT2D eigenvalue weighted by Crippen LogP contribution is -2.54. The topological polar surface area (TPSA) is 171 Å². The number of phenols is 1. The van der Waals surface area contributed by atoms with Crippen molar-refractivity contribution in [3.05, 3.63) is 29.8 Å². The van der Waals surface area contributed by atoms with Gasteiger partial charge in [0.15, 0.2) is 0 Å². The zero-order valence-electron chi connectivity index (χ0n) is 15.2. The van der Waals surface area contributed by atoms with Crippen LogP contribution in [0.2, 0.25) is 0 Å². The van der Waals surface area contributed by atoms with Crippen LogP contribution in [0.5, 0.6) is 5.75 Å². The van der Waals surface area contributed by atoms with Gasteiger partial charge in [-0.25, -0.2) is 0 Å².